The van der Waals surface area contributed by atoms with Crippen LogP contribution in [0.3, 0.4) is 0 Å². The van der Waals surface area contributed by atoms with Crippen molar-refractivity contribution in [2.75, 3.05) is 5.32 Å². The first kappa shape index (κ1) is 14.1. The number of hydrogen-bond acceptors (Lipinski definition) is 3. The lowest BCUT2D eigenvalue weighted by Gasteiger charge is -2.17. The molecule has 0 fully saturated rings. The van der Waals surface area contributed by atoms with E-state index in [2.05, 4.69) is 23.5 Å². The summed E-state index contributed by atoms with van der Waals surface area (Å²) in [5, 5.41) is 14.2. The van der Waals surface area contributed by atoms with E-state index in [1.54, 1.807) is 18.2 Å². The number of nitrogens with one attached hydrogen (secondary N) is 1. The van der Waals surface area contributed by atoms with Crippen molar-refractivity contribution in [3.8, 4) is 0 Å². The summed E-state index contributed by atoms with van der Waals surface area (Å²) in [5.41, 5.74) is 4.15. The third-order valence-electron chi connectivity index (χ3n) is 3.22. The van der Waals surface area contributed by atoms with E-state index in [-0.39, 0.29) is 16.7 Å². The molecule has 0 saturated carbocycles. The third kappa shape index (κ3) is 3.15. The van der Waals surface area contributed by atoms with Crippen LogP contribution in [0.4, 0.5) is 11.4 Å². The van der Waals surface area contributed by atoms with Crippen LogP contribution in [0.15, 0.2) is 42.5 Å². The van der Waals surface area contributed by atoms with Crippen LogP contribution in [0.2, 0.25) is 0 Å². The van der Waals surface area contributed by atoms with Crippen LogP contribution >= 0.6 is 0 Å². The first-order valence-corrected chi connectivity index (χ1v) is 6.55. The number of anilines is 1. The molecular weight excluding hydrogens is 252 g/mol. The van der Waals surface area contributed by atoms with Crippen LogP contribution in [-0.2, 0) is 0 Å². The number of benzene rings is 2. The van der Waals surface area contributed by atoms with Gasteiger partial charge in [0.2, 0.25) is 0 Å². The van der Waals surface area contributed by atoms with Crippen molar-refractivity contribution < 1.29 is 4.92 Å². The van der Waals surface area contributed by atoms with Crippen molar-refractivity contribution in [2.45, 2.75) is 26.8 Å². The normalized spacial score (nSPS) is 11.9. The van der Waals surface area contributed by atoms with Gasteiger partial charge in [0, 0.05) is 12.1 Å². The van der Waals surface area contributed by atoms with E-state index in [1.165, 1.54) is 17.2 Å². The molecule has 20 heavy (non-hydrogen) atoms. The van der Waals surface area contributed by atoms with E-state index in [0.29, 0.717) is 5.69 Å². The van der Waals surface area contributed by atoms with Crippen LogP contribution in [-0.4, -0.2) is 4.92 Å². The highest BCUT2D eigenvalue weighted by Crippen LogP contribution is 2.28. The van der Waals surface area contributed by atoms with Crippen molar-refractivity contribution in [3.05, 3.63) is 69.3 Å². The SMILES string of the molecule is Cc1cc(C)cc(C(C)Nc2ccccc2[N+](=O)[O-])c1. The lowest BCUT2D eigenvalue weighted by atomic mass is 10.0. The Balaban J connectivity index is 2.28. The molecule has 0 bridgehead atoms. The Kier molecular flexibility index (Phi) is 4.03. The predicted octanol–water partition coefficient (Wildman–Crippen LogP) is 4.38. The van der Waals surface area contributed by atoms with Crippen LogP contribution in [0.25, 0.3) is 0 Å². The Labute approximate surface area is 118 Å². The molecule has 1 unspecified atom stereocenters. The number of nitrogens with zero attached hydrogens (tertiary/aromatic N) is 1. The highest BCUT2D eigenvalue weighted by atomic mass is 16.6. The minimum absolute atomic E-state index is 0.00898. The lowest BCUT2D eigenvalue weighted by molar-refractivity contribution is -0.384. The number of rotatable bonds is 4. The standard InChI is InChI=1S/C16H18N2O2/c1-11-8-12(2)10-14(9-11)13(3)17-15-6-4-5-7-16(15)18(19)20/h4-10,13,17H,1-3H3. The molecule has 0 saturated heterocycles. The molecule has 4 heteroatoms. The first-order chi connectivity index (χ1) is 9.47. The molecular formula is C16H18N2O2. The second-order valence-corrected chi connectivity index (χ2v) is 5.06. The molecule has 1 atom stereocenters. The van der Waals surface area contributed by atoms with Gasteiger partial charge in [-0.1, -0.05) is 41.5 Å². The zero-order valence-corrected chi connectivity index (χ0v) is 11.9. The van der Waals surface area contributed by atoms with Gasteiger partial charge in [0.25, 0.3) is 5.69 Å². The molecule has 4 nitrogen and oxygen atoms in total. The Bertz CT molecular complexity index is 618. The Hall–Kier alpha value is -2.36. The van der Waals surface area contributed by atoms with Crippen molar-refractivity contribution in [1.29, 1.82) is 0 Å². The summed E-state index contributed by atoms with van der Waals surface area (Å²) < 4.78 is 0. The van der Waals surface area contributed by atoms with E-state index >= 15 is 0 Å². The Morgan fingerprint density at radius 1 is 1.10 bits per heavy atom. The van der Waals surface area contributed by atoms with Crippen LogP contribution in [0, 0.1) is 24.0 Å². The van der Waals surface area contributed by atoms with E-state index in [1.807, 2.05) is 20.8 Å². The summed E-state index contributed by atoms with van der Waals surface area (Å²) in [5.74, 6) is 0. The number of hydrogen-bond donors (Lipinski definition) is 1. The summed E-state index contributed by atoms with van der Waals surface area (Å²) in [7, 11) is 0. The number of nitro groups is 1. The Morgan fingerprint density at radius 3 is 2.30 bits per heavy atom. The van der Waals surface area contributed by atoms with Gasteiger partial charge in [0.15, 0.2) is 0 Å². The Morgan fingerprint density at radius 2 is 1.70 bits per heavy atom. The van der Waals surface area contributed by atoms with E-state index in [9.17, 15) is 10.1 Å². The van der Waals surface area contributed by atoms with Gasteiger partial charge in [0.1, 0.15) is 5.69 Å². The summed E-state index contributed by atoms with van der Waals surface area (Å²) in [6.07, 6.45) is 0. The second-order valence-electron chi connectivity index (χ2n) is 5.06. The summed E-state index contributed by atoms with van der Waals surface area (Å²) in [4.78, 5) is 10.6. The molecule has 2 aromatic carbocycles. The average molecular weight is 270 g/mol. The third-order valence-corrected chi connectivity index (χ3v) is 3.22. The number of nitro benzene ring substituents is 1. The number of para-hydroxylation sites is 2. The fraction of sp³-hybridized carbons (Fsp3) is 0.250. The van der Waals surface area contributed by atoms with Gasteiger partial charge in [-0.05, 0) is 32.4 Å². The van der Waals surface area contributed by atoms with Gasteiger partial charge < -0.3 is 5.32 Å². The molecule has 0 spiro atoms. The molecule has 0 aliphatic heterocycles. The minimum Gasteiger partial charge on any atom is -0.373 e. The highest BCUT2D eigenvalue weighted by Gasteiger charge is 2.15. The summed E-state index contributed by atoms with van der Waals surface area (Å²) in [6.45, 7) is 6.10. The number of aryl methyl sites for hydroxylation is 2. The maximum absolute atomic E-state index is 11.0. The molecule has 0 heterocycles. The maximum atomic E-state index is 11.0. The topological polar surface area (TPSA) is 55.2 Å². The summed E-state index contributed by atoms with van der Waals surface area (Å²) in [6, 6.07) is 13.0. The fourth-order valence-electron chi connectivity index (χ4n) is 2.33. The van der Waals surface area contributed by atoms with Crippen molar-refractivity contribution in [1.82, 2.24) is 0 Å². The average Bonchev–Trinajstić information content (AvgIpc) is 2.37. The molecule has 0 aliphatic carbocycles. The molecule has 0 aliphatic rings. The molecule has 2 aromatic rings. The summed E-state index contributed by atoms with van der Waals surface area (Å²) >= 11 is 0. The van der Waals surface area contributed by atoms with Crippen LogP contribution in [0.1, 0.15) is 29.7 Å². The molecule has 1 N–H and O–H groups in total. The van der Waals surface area contributed by atoms with Gasteiger partial charge in [-0.3, -0.25) is 10.1 Å². The van der Waals surface area contributed by atoms with E-state index in [4.69, 9.17) is 0 Å². The van der Waals surface area contributed by atoms with Crippen molar-refractivity contribution in [2.24, 2.45) is 0 Å². The van der Waals surface area contributed by atoms with Gasteiger partial charge in [-0.2, -0.15) is 0 Å². The minimum atomic E-state index is -0.365. The zero-order chi connectivity index (χ0) is 14.7. The predicted molar refractivity (Wildman–Crippen MR) is 81.1 cm³/mol. The smallest absolute Gasteiger partial charge is 0.292 e. The van der Waals surface area contributed by atoms with Crippen LogP contribution in [0.5, 0.6) is 0 Å². The highest BCUT2D eigenvalue weighted by molar-refractivity contribution is 5.62. The molecule has 2 rings (SSSR count). The maximum Gasteiger partial charge on any atom is 0.292 e. The fourth-order valence-corrected chi connectivity index (χ4v) is 2.33. The quantitative estimate of drug-likeness (QED) is 0.662. The lowest BCUT2D eigenvalue weighted by Crippen LogP contribution is -2.08. The molecule has 104 valence electrons. The molecule has 0 radical (unpaired) electrons. The first-order valence-electron chi connectivity index (χ1n) is 6.55. The van der Waals surface area contributed by atoms with E-state index < -0.39 is 0 Å². The van der Waals surface area contributed by atoms with Gasteiger partial charge in [-0.25, -0.2) is 0 Å². The van der Waals surface area contributed by atoms with Gasteiger partial charge in [-0.15, -0.1) is 0 Å². The van der Waals surface area contributed by atoms with Gasteiger partial charge in [0.05, 0.1) is 4.92 Å². The van der Waals surface area contributed by atoms with E-state index in [0.717, 1.165) is 5.56 Å². The van der Waals surface area contributed by atoms with Gasteiger partial charge >= 0.3 is 0 Å². The molecule has 0 aromatic heterocycles. The van der Waals surface area contributed by atoms with Crippen molar-refractivity contribution >= 4 is 11.4 Å². The van der Waals surface area contributed by atoms with Crippen LogP contribution < -0.4 is 5.32 Å². The second kappa shape index (κ2) is 5.74. The largest absolute Gasteiger partial charge is 0.373 e. The zero-order valence-electron chi connectivity index (χ0n) is 11.9. The monoisotopic (exact) mass is 270 g/mol. The van der Waals surface area contributed by atoms with Crippen molar-refractivity contribution in [3.63, 3.8) is 0 Å². The molecule has 0 amide bonds.